The summed E-state index contributed by atoms with van der Waals surface area (Å²) >= 11 is 0. The van der Waals surface area contributed by atoms with Crippen molar-refractivity contribution in [1.82, 2.24) is 4.90 Å². The van der Waals surface area contributed by atoms with E-state index in [2.05, 4.69) is 30.4 Å². The van der Waals surface area contributed by atoms with Crippen LogP contribution in [0.15, 0.2) is 0 Å². The molecule has 0 rings (SSSR count). The number of nitrogens with zero attached hydrogens (tertiary/aromatic N) is 1. The molecule has 16 heavy (non-hydrogen) atoms. The van der Waals surface area contributed by atoms with Gasteiger partial charge in [-0.1, -0.05) is 33.6 Å². The molecule has 0 aliphatic heterocycles. The van der Waals surface area contributed by atoms with Crippen LogP contribution >= 0.6 is 0 Å². The van der Waals surface area contributed by atoms with E-state index in [-0.39, 0.29) is 5.97 Å². The zero-order chi connectivity index (χ0) is 12.4. The Balaban J connectivity index is 3.85. The topological polar surface area (TPSA) is 29.5 Å². The average molecular weight is 229 g/mol. The Hall–Kier alpha value is -0.570. The summed E-state index contributed by atoms with van der Waals surface area (Å²) in [4.78, 5) is 13.5. The lowest BCUT2D eigenvalue weighted by atomic mass is 10.2. The van der Waals surface area contributed by atoms with E-state index >= 15 is 0 Å². The molecule has 0 aromatic rings. The lowest BCUT2D eigenvalue weighted by Crippen LogP contribution is -2.31. The first-order valence-corrected chi connectivity index (χ1v) is 6.39. The second kappa shape index (κ2) is 9.64. The van der Waals surface area contributed by atoms with Gasteiger partial charge in [0.05, 0.1) is 13.5 Å². The summed E-state index contributed by atoms with van der Waals surface area (Å²) in [6.07, 6.45) is 4.25. The predicted octanol–water partition coefficient (Wildman–Crippen LogP) is 2.70. The van der Waals surface area contributed by atoms with Gasteiger partial charge in [-0.15, -0.1) is 0 Å². The van der Waals surface area contributed by atoms with E-state index in [4.69, 9.17) is 0 Å². The molecule has 0 saturated carbocycles. The van der Waals surface area contributed by atoms with Gasteiger partial charge in [0.25, 0.3) is 0 Å². The quantitative estimate of drug-likeness (QED) is 0.450. The third-order valence-electron chi connectivity index (χ3n) is 2.56. The van der Waals surface area contributed by atoms with Crippen molar-refractivity contribution in [1.29, 1.82) is 0 Å². The van der Waals surface area contributed by atoms with Crippen LogP contribution in [-0.2, 0) is 9.53 Å². The SMILES string of the molecule is CCCCCN(CCC(=O)OC)CC(C)C. The highest BCUT2D eigenvalue weighted by atomic mass is 16.5. The zero-order valence-corrected chi connectivity index (χ0v) is 11.3. The fourth-order valence-corrected chi connectivity index (χ4v) is 1.75. The number of carbonyl (C=O) groups excluding carboxylic acids is 1. The van der Waals surface area contributed by atoms with Crippen molar-refractivity contribution in [2.24, 2.45) is 5.92 Å². The monoisotopic (exact) mass is 229 g/mol. The Morgan fingerprint density at radius 1 is 1.25 bits per heavy atom. The molecule has 0 unspecified atom stereocenters. The number of methoxy groups -OCH3 is 1. The van der Waals surface area contributed by atoms with Gasteiger partial charge in [0.2, 0.25) is 0 Å². The van der Waals surface area contributed by atoms with Gasteiger partial charge in [-0.2, -0.15) is 0 Å². The van der Waals surface area contributed by atoms with Crippen LogP contribution in [0.4, 0.5) is 0 Å². The Morgan fingerprint density at radius 3 is 2.44 bits per heavy atom. The summed E-state index contributed by atoms with van der Waals surface area (Å²) in [5.41, 5.74) is 0. The third kappa shape index (κ3) is 8.72. The van der Waals surface area contributed by atoms with Crippen molar-refractivity contribution in [3.05, 3.63) is 0 Å². The van der Waals surface area contributed by atoms with E-state index in [1.807, 2.05) is 0 Å². The number of hydrogen-bond donors (Lipinski definition) is 0. The molecule has 0 heterocycles. The Bertz CT molecular complexity index is 181. The Labute approximate surface area is 100 Å². The minimum absolute atomic E-state index is 0.107. The van der Waals surface area contributed by atoms with E-state index in [0.29, 0.717) is 12.3 Å². The fraction of sp³-hybridized carbons (Fsp3) is 0.923. The summed E-state index contributed by atoms with van der Waals surface area (Å²) < 4.78 is 4.67. The van der Waals surface area contributed by atoms with Gasteiger partial charge < -0.3 is 9.64 Å². The molecular weight excluding hydrogens is 202 g/mol. The molecule has 3 heteroatoms. The summed E-state index contributed by atoms with van der Waals surface area (Å²) in [5, 5.41) is 0. The van der Waals surface area contributed by atoms with Crippen molar-refractivity contribution in [3.8, 4) is 0 Å². The van der Waals surface area contributed by atoms with Crippen molar-refractivity contribution >= 4 is 5.97 Å². The Morgan fingerprint density at radius 2 is 1.94 bits per heavy atom. The minimum Gasteiger partial charge on any atom is -0.469 e. The molecule has 0 fully saturated rings. The molecule has 0 aromatic carbocycles. The summed E-state index contributed by atoms with van der Waals surface area (Å²) in [5.74, 6) is 0.545. The zero-order valence-electron chi connectivity index (χ0n) is 11.3. The maximum Gasteiger partial charge on any atom is 0.306 e. The third-order valence-corrected chi connectivity index (χ3v) is 2.56. The highest BCUT2D eigenvalue weighted by molar-refractivity contribution is 5.69. The molecule has 0 bridgehead atoms. The molecule has 96 valence electrons. The molecule has 0 saturated heterocycles. The van der Waals surface area contributed by atoms with E-state index in [0.717, 1.165) is 19.6 Å². The van der Waals surface area contributed by atoms with E-state index in [1.165, 1.54) is 26.4 Å². The van der Waals surface area contributed by atoms with Gasteiger partial charge >= 0.3 is 5.97 Å². The molecule has 0 amide bonds. The van der Waals surface area contributed by atoms with E-state index in [1.54, 1.807) is 0 Å². The van der Waals surface area contributed by atoms with Gasteiger partial charge in [-0.25, -0.2) is 0 Å². The second-order valence-corrected chi connectivity index (χ2v) is 4.73. The average Bonchev–Trinajstić information content (AvgIpc) is 2.24. The smallest absolute Gasteiger partial charge is 0.306 e. The number of unbranched alkanes of at least 4 members (excludes halogenated alkanes) is 2. The van der Waals surface area contributed by atoms with Crippen molar-refractivity contribution in [3.63, 3.8) is 0 Å². The highest BCUT2D eigenvalue weighted by Crippen LogP contribution is 2.04. The first-order chi connectivity index (χ1) is 7.60. The molecule has 3 nitrogen and oxygen atoms in total. The Kier molecular flexibility index (Phi) is 9.30. The van der Waals surface area contributed by atoms with Crippen LogP contribution in [0.1, 0.15) is 46.5 Å². The molecular formula is C13H27NO2. The standard InChI is InChI=1S/C13H27NO2/c1-5-6-7-9-14(11-12(2)3)10-8-13(15)16-4/h12H,5-11H2,1-4H3. The van der Waals surface area contributed by atoms with Crippen LogP contribution in [0.25, 0.3) is 0 Å². The summed E-state index contributed by atoms with van der Waals surface area (Å²) in [6, 6.07) is 0. The number of rotatable bonds is 9. The molecule has 0 aliphatic carbocycles. The molecule has 0 atom stereocenters. The lowest BCUT2D eigenvalue weighted by Gasteiger charge is -2.23. The molecule has 0 N–H and O–H groups in total. The molecule has 0 radical (unpaired) electrons. The van der Waals surface area contributed by atoms with Gasteiger partial charge in [-0.3, -0.25) is 4.79 Å². The van der Waals surface area contributed by atoms with Gasteiger partial charge in [0.15, 0.2) is 0 Å². The molecule has 0 aliphatic rings. The van der Waals surface area contributed by atoms with Gasteiger partial charge in [0, 0.05) is 13.1 Å². The predicted molar refractivity (Wildman–Crippen MR) is 67.4 cm³/mol. The van der Waals surface area contributed by atoms with Crippen molar-refractivity contribution < 1.29 is 9.53 Å². The number of esters is 1. The van der Waals surface area contributed by atoms with Crippen molar-refractivity contribution in [2.45, 2.75) is 46.5 Å². The fourth-order valence-electron chi connectivity index (χ4n) is 1.75. The molecule has 0 aromatic heterocycles. The van der Waals surface area contributed by atoms with E-state index < -0.39 is 0 Å². The normalized spacial score (nSPS) is 11.1. The van der Waals surface area contributed by atoms with Crippen LogP contribution in [-0.4, -0.2) is 37.6 Å². The maximum absolute atomic E-state index is 11.1. The van der Waals surface area contributed by atoms with Crippen LogP contribution in [0.3, 0.4) is 0 Å². The van der Waals surface area contributed by atoms with Crippen LogP contribution in [0.2, 0.25) is 0 Å². The summed E-state index contributed by atoms with van der Waals surface area (Å²) in [7, 11) is 1.45. The minimum atomic E-state index is -0.107. The highest BCUT2D eigenvalue weighted by Gasteiger charge is 2.09. The number of ether oxygens (including phenoxy) is 1. The van der Waals surface area contributed by atoms with Gasteiger partial charge in [-0.05, 0) is 18.9 Å². The molecule has 0 spiro atoms. The van der Waals surface area contributed by atoms with Gasteiger partial charge in [0.1, 0.15) is 0 Å². The summed E-state index contributed by atoms with van der Waals surface area (Å²) in [6.45, 7) is 9.63. The number of carbonyl (C=O) groups is 1. The number of hydrogen-bond acceptors (Lipinski definition) is 3. The largest absolute Gasteiger partial charge is 0.469 e. The second-order valence-electron chi connectivity index (χ2n) is 4.73. The first kappa shape index (κ1) is 15.4. The van der Waals surface area contributed by atoms with Crippen LogP contribution < -0.4 is 0 Å². The van der Waals surface area contributed by atoms with Crippen LogP contribution in [0, 0.1) is 5.92 Å². The van der Waals surface area contributed by atoms with Crippen molar-refractivity contribution in [2.75, 3.05) is 26.7 Å². The van der Waals surface area contributed by atoms with E-state index in [9.17, 15) is 4.79 Å². The maximum atomic E-state index is 11.1. The van der Waals surface area contributed by atoms with Crippen LogP contribution in [0.5, 0.6) is 0 Å². The lowest BCUT2D eigenvalue weighted by molar-refractivity contribution is -0.141. The first-order valence-electron chi connectivity index (χ1n) is 6.39.